The Morgan fingerprint density at radius 3 is 2.64 bits per heavy atom. The summed E-state index contributed by atoms with van der Waals surface area (Å²) >= 11 is 0. The maximum atomic E-state index is 15.4. The molecule has 0 saturated carbocycles. The molecular weight excluding hydrogens is 544 g/mol. The van der Waals surface area contributed by atoms with Crippen molar-refractivity contribution in [3.8, 4) is 17.1 Å². The number of imidazole rings is 1. The summed E-state index contributed by atoms with van der Waals surface area (Å²) < 4.78 is 42.7. The van der Waals surface area contributed by atoms with Gasteiger partial charge in [-0.25, -0.2) is 33.4 Å². The first-order valence-electron chi connectivity index (χ1n) is 13.1. The molecular formula is C31H23F2N5O4. The van der Waals surface area contributed by atoms with Crippen LogP contribution < -0.4 is 4.74 Å². The van der Waals surface area contributed by atoms with Crippen molar-refractivity contribution in [1.29, 1.82) is 0 Å². The Kier molecular flexibility index (Phi) is 7.29. The lowest BCUT2D eigenvalue weighted by Crippen LogP contribution is -2.32. The minimum Gasteiger partial charge on any atom is -0.477 e. The van der Waals surface area contributed by atoms with Crippen molar-refractivity contribution in [3.05, 3.63) is 112 Å². The fourth-order valence-corrected chi connectivity index (χ4v) is 4.71. The summed E-state index contributed by atoms with van der Waals surface area (Å²) in [4.78, 5) is 28.0. The van der Waals surface area contributed by atoms with Crippen LogP contribution in [-0.2, 0) is 24.3 Å². The first-order chi connectivity index (χ1) is 20.4. The lowest BCUT2D eigenvalue weighted by molar-refractivity contribution is -0.0590. The van der Waals surface area contributed by atoms with Gasteiger partial charge in [0.15, 0.2) is 17.0 Å². The van der Waals surface area contributed by atoms with E-state index in [0.717, 1.165) is 12.5 Å². The minimum absolute atomic E-state index is 0.0225. The number of carboxylic acids is 1. The van der Waals surface area contributed by atoms with E-state index in [0.29, 0.717) is 41.4 Å². The molecule has 0 unspecified atom stereocenters. The molecule has 1 saturated heterocycles. The summed E-state index contributed by atoms with van der Waals surface area (Å²) in [7, 11) is 0. The number of benzene rings is 2. The van der Waals surface area contributed by atoms with Crippen LogP contribution in [0.1, 0.15) is 33.9 Å². The lowest BCUT2D eigenvalue weighted by atomic mass is 10.1. The highest BCUT2D eigenvalue weighted by Crippen LogP contribution is 2.27. The van der Waals surface area contributed by atoms with Crippen molar-refractivity contribution < 1.29 is 28.2 Å². The van der Waals surface area contributed by atoms with E-state index in [-0.39, 0.29) is 47.5 Å². The van der Waals surface area contributed by atoms with E-state index in [1.165, 1.54) is 24.3 Å². The third kappa shape index (κ3) is 5.53. The van der Waals surface area contributed by atoms with Crippen LogP contribution in [0.3, 0.4) is 0 Å². The van der Waals surface area contributed by atoms with E-state index >= 15 is 4.39 Å². The largest absolute Gasteiger partial charge is 0.477 e. The summed E-state index contributed by atoms with van der Waals surface area (Å²) in [5.74, 6) is -1.35. The number of ether oxygens (including phenoxy) is 2. The van der Waals surface area contributed by atoms with Gasteiger partial charge >= 0.3 is 5.97 Å². The van der Waals surface area contributed by atoms with Gasteiger partial charge in [-0.3, -0.25) is 0 Å². The molecule has 0 bridgehead atoms. The molecule has 1 atom stereocenters. The SMILES string of the molecule is [C-]#[N+]c1ccc(COc2cccc(-c3ccc(Cc4nc5ccc(C(=O)O)nc5n4C[C@@H]4CCO4)cc3F)n2)c(F)c1. The number of carbonyl (C=O) groups is 1. The zero-order chi connectivity index (χ0) is 29.2. The van der Waals surface area contributed by atoms with Crippen LogP contribution in [0.25, 0.3) is 27.3 Å². The van der Waals surface area contributed by atoms with Crippen LogP contribution in [0.2, 0.25) is 0 Å². The predicted octanol–water partition coefficient (Wildman–Crippen LogP) is 5.98. The molecule has 9 nitrogen and oxygen atoms in total. The van der Waals surface area contributed by atoms with Gasteiger partial charge in [0.1, 0.15) is 29.6 Å². The van der Waals surface area contributed by atoms with Crippen molar-refractivity contribution in [2.75, 3.05) is 6.61 Å². The van der Waals surface area contributed by atoms with Gasteiger partial charge < -0.3 is 19.1 Å². The van der Waals surface area contributed by atoms with Crippen LogP contribution in [0.4, 0.5) is 14.5 Å². The Morgan fingerprint density at radius 1 is 1.07 bits per heavy atom. The lowest BCUT2D eigenvalue weighted by Gasteiger charge is -2.27. The number of hydrogen-bond acceptors (Lipinski definition) is 6. The maximum absolute atomic E-state index is 15.4. The van der Waals surface area contributed by atoms with Crippen molar-refractivity contribution in [2.24, 2.45) is 0 Å². The summed E-state index contributed by atoms with van der Waals surface area (Å²) in [5, 5.41) is 9.40. The second kappa shape index (κ2) is 11.3. The Morgan fingerprint density at radius 2 is 1.93 bits per heavy atom. The molecule has 0 aliphatic carbocycles. The van der Waals surface area contributed by atoms with Crippen molar-refractivity contribution in [3.63, 3.8) is 0 Å². The van der Waals surface area contributed by atoms with Crippen molar-refractivity contribution in [1.82, 2.24) is 19.5 Å². The van der Waals surface area contributed by atoms with E-state index in [1.54, 1.807) is 36.4 Å². The number of aromatic carboxylic acids is 1. The highest BCUT2D eigenvalue weighted by atomic mass is 19.1. The normalized spacial score (nSPS) is 14.4. The van der Waals surface area contributed by atoms with E-state index < -0.39 is 17.6 Å². The van der Waals surface area contributed by atoms with Gasteiger partial charge in [-0.15, -0.1) is 0 Å². The Balaban J connectivity index is 1.23. The third-order valence-electron chi connectivity index (χ3n) is 7.01. The first-order valence-corrected chi connectivity index (χ1v) is 13.1. The average Bonchev–Trinajstić information content (AvgIpc) is 3.30. The molecule has 4 heterocycles. The molecule has 1 aliphatic rings. The highest BCUT2D eigenvalue weighted by molar-refractivity contribution is 5.88. The minimum atomic E-state index is -1.13. The number of hydrogen-bond donors (Lipinski definition) is 1. The van der Waals surface area contributed by atoms with Gasteiger partial charge in [0.2, 0.25) is 5.88 Å². The van der Waals surface area contributed by atoms with Crippen LogP contribution in [-0.4, -0.2) is 43.3 Å². The molecule has 0 amide bonds. The number of fused-ring (bicyclic) bond motifs is 1. The van der Waals surface area contributed by atoms with Gasteiger partial charge in [0.05, 0.1) is 24.9 Å². The molecule has 1 aliphatic heterocycles. The van der Waals surface area contributed by atoms with E-state index in [9.17, 15) is 14.3 Å². The predicted molar refractivity (Wildman–Crippen MR) is 148 cm³/mol. The molecule has 42 heavy (non-hydrogen) atoms. The number of rotatable bonds is 9. The van der Waals surface area contributed by atoms with E-state index in [1.807, 2.05) is 4.57 Å². The number of halogens is 2. The second-order valence-corrected chi connectivity index (χ2v) is 9.79. The second-order valence-electron chi connectivity index (χ2n) is 9.79. The fraction of sp³-hybridized carbons (Fsp3) is 0.194. The first kappa shape index (κ1) is 27.0. The van der Waals surface area contributed by atoms with Gasteiger partial charge in [-0.05, 0) is 48.4 Å². The number of aromatic nitrogens is 4. The molecule has 5 aromatic rings. The van der Waals surface area contributed by atoms with Crippen LogP contribution in [0.15, 0.2) is 66.7 Å². The molecule has 1 fully saturated rings. The number of carboxylic acid groups (broad SMARTS) is 1. The smallest absolute Gasteiger partial charge is 0.354 e. The molecule has 1 N–H and O–H groups in total. The molecule has 0 radical (unpaired) electrons. The zero-order valence-corrected chi connectivity index (χ0v) is 22.1. The molecule has 210 valence electrons. The molecule has 11 heteroatoms. The summed E-state index contributed by atoms with van der Waals surface area (Å²) in [6.07, 6.45) is 1.14. The summed E-state index contributed by atoms with van der Waals surface area (Å²) in [6, 6.07) is 16.9. The quantitative estimate of drug-likeness (QED) is 0.219. The van der Waals surface area contributed by atoms with Crippen LogP contribution >= 0.6 is 0 Å². The topological polar surface area (TPSA) is 104 Å². The Bertz CT molecular complexity index is 1860. The molecule has 0 spiro atoms. The standard InChI is InChI=1S/C31H23F2N5O4/c1-34-20-7-6-19(23(32)15-20)17-42-29-4-2-3-25(36-29)22-8-5-18(13-24(22)33)14-28-35-26-9-10-27(31(39)40)37-30(26)38(28)16-21-11-12-41-21/h2-10,13,15,21H,11-12,14,16-17H2,(H,39,40)/t21-/m0/s1. The zero-order valence-electron chi connectivity index (χ0n) is 22.1. The van der Waals surface area contributed by atoms with Gasteiger partial charge in [0, 0.05) is 30.2 Å². The Hall–Kier alpha value is -5.21. The fourth-order valence-electron chi connectivity index (χ4n) is 4.71. The van der Waals surface area contributed by atoms with E-state index in [4.69, 9.17) is 16.0 Å². The monoisotopic (exact) mass is 567 g/mol. The van der Waals surface area contributed by atoms with Gasteiger partial charge in [0.25, 0.3) is 0 Å². The van der Waals surface area contributed by atoms with Crippen LogP contribution in [0.5, 0.6) is 5.88 Å². The van der Waals surface area contributed by atoms with Crippen molar-refractivity contribution >= 4 is 22.8 Å². The molecule has 2 aromatic carbocycles. The van der Waals surface area contributed by atoms with Crippen molar-refractivity contribution in [2.45, 2.75) is 32.1 Å². The van der Waals surface area contributed by atoms with Gasteiger partial charge in [-0.1, -0.05) is 24.3 Å². The molecule has 3 aromatic heterocycles. The van der Waals surface area contributed by atoms with Crippen LogP contribution in [0, 0.1) is 18.2 Å². The number of nitrogens with zero attached hydrogens (tertiary/aromatic N) is 5. The summed E-state index contributed by atoms with van der Waals surface area (Å²) in [5.41, 5.74) is 2.66. The average molecular weight is 568 g/mol. The Labute approximate surface area is 238 Å². The molecule has 6 rings (SSSR count). The third-order valence-corrected chi connectivity index (χ3v) is 7.01. The number of pyridine rings is 2. The maximum Gasteiger partial charge on any atom is 0.354 e. The van der Waals surface area contributed by atoms with Gasteiger partial charge in [-0.2, -0.15) is 0 Å². The van der Waals surface area contributed by atoms with E-state index in [2.05, 4.69) is 19.8 Å². The summed E-state index contributed by atoms with van der Waals surface area (Å²) in [6.45, 7) is 8.02. The highest BCUT2D eigenvalue weighted by Gasteiger charge is 2.23.